The van der Waals surface area contributed by atoms with Crippen LogP contribution in [0.1, 0.15) is 17.2 Å². The van der Waals surface area contributed by atoms with Crippen molar-refractivity contribution in [1.82, 2.24) is 4.90 Å². The van der Waals surface area contributed by atoms with Crippen molar-refractivity contribution in [1.29, 1.82) is 0 Å². The van der Waals surface area contributed by atoms with Crippen LogP contribution >= 0.6 is 23.2 Å². The molecule has 9 heteroatoms. The van der Waals surface area contributed by atoms with E-state index in [1.165, 1.54) is 18.2 Å². The number of carbonyl (C=O) groups excluding carboxylic acids is 1. The van der Waals surface area contributed by atoms with Crippen molar-refractivity contribution >= 4 is 34.8 Å². The maximum absolute atomic E-state index is 13.0. The van der Waals surface area contributed by atoms with Gasteiger partial charge in [-0.2, -0.15) is 0 Å². The number of nitro groups is 1. The van der Waals surface area contributed by atoms with Gasteiger partial charge in [0.05, 0.1) is 17.1 Å². The van der Waals surface area contributed by atoms with Crippen LogP contribution < -0.4 is 9.47 Å². The Labute approximate surface area is 194 Å². The highest BCUT2D eigenvalue weighted by Crippen LogP contribution is 2.41. The SMILES string of the molecule is COc1ccc(CN2C(=O)C(Oc3ccc(Cl)cc3Cl)C2c2ccc([N+](=O)[O-])cc2)cc1. The molecule has 1 heterocycles. The minimum atomic E-state index is -0.826. The molecule has 0 radical (unpaired) electrons. The van der Waals surface area contributed by atoms with E-state index in [4.69, 9.17) is 32.7 Å². The van der Waals surface area contributed by atoms with Crippen molar-refractivity contribution in [2.45, 2.75) is 18.7 Å². The predicted molar refractivity (Wildman–Crippen MR) is 120 cm³/mol. The molecule has 4 rings (SSSR count). The highest BCUT2D eigenvalue weighted by atomic mass is 35.5. The molecule has 1 amide bonds. The lowest BCUT2D eigenvalue weighted by Crippen LogP contribution is -2.60. The summed E-state index contributed by atoms with van der Waals surface area (Å²) in [5.41, 5.74) is 1.60. The van der Waals surface area contributed by atoms with Gasteiger partial charge in [0.2, 0.25) is 6.10 Å². The largest absolute Gasteiger partial charge is 0.497 e. The monoisotopic (exact) mass is 472 g/mol. The first kappa shape index (κ1) is 21.9. The van der Waals surface area contributed by atoms with E-state index in [1.807, 2.05) is 24.3 Å². The predicted octanol–water partition coefficient (Wildman–Crippen LogP) is 5.44. The van der Waals surface area contributed by atoms with Crippen LogP contribution in [0.25, 0.3) is 0 Å². The standard InChI is InChI=1S/C23H18Cl2N2O5/c1-31-18-9-2-14(3-10-18)13-26-21(15-4-7-17(8-5-15)27(29)30)22(23(26)28)32-20-11-6-16(24)12-19(20)25/h2-12,21-22H,13H2,1H3. The number of likely N-dealkylation sites (tertiary alicyclic amines) is 1. The smallest absolute Gasteiger partial charge is 0.269 e. The average Bonchev–Trinajstić information content (AvgIpc) is 2.79. The topological polar surface area (TPSA) is 81.9 Å². The normalized spacial score (nSPS) is 17.6. The molecular formula is C23H18Cl2N2O5. The second-order valence-corrected chi connectivity index (χ2v) is 8.06. The molecule has 1 fully saturated rings. The molecule has 3 aromatic carbocycles. The summed E-state index contributed by atoms with van der Waals surface area (Å²) in [6.07, 6.45) is -0.826. The number of nitro benzene ring substituents is 1. The average molecular weight is 473 g/mol. The molecule has 32 heavy (non-hydrogen) atoms. The Kier molecular flexibility index (Phi) is 6.21. The molecule has 0 bridgehead atoms. The van der Waals surface area contributed by atoms with Gasteiger partial charge in [-0.15, -0.1) is 0 Å². The number of rotatable bonds is 7. The number of hydrogen-bond acceptors (Lipinski definition) is 5. The molecule has 0 aromatic heterocycles. The van der Waals surface area contributed by atoms with Crippen molar-refractivity contribution in [2.75, 3.05) is 7.11 Å². The molecule has 0 spiro atoms. The Morgan fingerprint density at radius 2 is 1.72 bits per heavy atom. The molecule has 1 aliphatic heterocycles. The lowest BCUT2D eigenvalue weighted by Gasteiger charge is -2.47. The molecule has 0 N–H and O–H groups in total. The third-order valence-electron chi connectivity index (χ3n) is 5.25. The van der Waals surface area contributed by atoms with Crippen molar-refractivity contribution in [2.24, 2.45) is 0 Å². The van der Waals surface area contributed by atoms with E-state index in [-0.39, 0.29) is 11.6 Å². The zero-order chi connectivity index (χ0) is 22.8. The summed E-state index contributed by atoms with van der Waals surface area (Å²) < 4.78 is 11.1. The number of nitrogens with zero attached hydrogens (tertiary/aromatic N) is 2. The van der Waals surface area contributed by atoms with Gasteiger partial charge in [0.25, 0.3) is 11.6 Å². The maximum atomic E-state index is 13.0. The van der Waals surface area contributed by atoms with Crippen LogP contribution in [0, 0.1) is 10.1 Å². The second kappa shape index (κ2) is 9.06. The van der Waals surface area contributed by atoms with Gasteiger partial charge in [-0.05, 0) is 53.6 Å². The number of non-ortho nitro benzene ring substituents is 1. The van der Waals surface area contributed by atoms with Gasteiger partial charge in [0.15, 0.2) is 0 Å². The van der Waals surface area contributed by atoms with Crippen LogP contribution in [0.5, 0.6) is 11.5 Å². The van der Waals surface area contributed by atoms with Gasteiger partial charge in [-0.1, -0.05) is 35.3 Å². The van der Waals surface area contributed by atoms with Crippen LogP contribution in [0.4, 0.5) is 5.69 Å². The first-order valence-electron chi connectivity index (χ1n) is 9.67. The molecule has 2 atom stereocenters. The maximum Gasteiger partial charge on any atom is 0.269 e. The summed E-state index contributed by atoms with van der Waals surface area (Å²) in [4.78, 5) is 25.3. The first-order valence-corrected chi connectivity index (χ1v) is 10.4. The van der Waals surface area contributed by atoms with E-state index in [1.54, 1.807) is 36.3 Å². The Morgan fingerprint density at radius 1 is 1.03 bits per heavy atom. The van der Waals surface area contributed by atoms with E-state index in [9.17, 15) is 14.9 Å². The van der Waals surface area contributed by atoms with Gasteiger partial charge in [0, 0.05) is 23.7 Å². The number of methoxy groups -OCH3 is 1. The van der Waals surface area contributed by atoms with Crippen molar-refractivity contribution < 1.29 is 19.2 Å². The Hall–Kier alpha value is -3.29. The summed E-state index contributed by atoms with van der Waals surface area (Å²) in [5, 5.41) is 11.8. The van der Waals surface area contributed by atoms with Crippen LogP contribution in [-0.2, 0) is 11.3 Å². The molecule has 0 aliphatic carbocycles. The van der Waals surface area contributed by atoms with Crippen molar-refractivity contribution in [3.05, 3.63) is 98.0 Å². The highest BCUT2D eigenvalue weighted by Gasteiger charge is 2.50. The summed E-state index contributed by atoms with van der Waals surface area (Å²) in [6.45, 7) is 0.346. The van der Waals surface area contributed by atoms with Gasteiger partial charge in [-0.25, -0.2) is 0 Å². The summed E-state index contributed by atoms with van der Waals surface area (Å²) in [6, 6.07) is 17.8. The Morgan fingerprint density at radius 3 is 2.31 bits per heavy atom. The molecule has 7 nitrogen and oxygen atoms in total. The van der Waals surface area contributed by atoms with Crippen molar-refractivity contribution in [3.63, 3.8) is 0 Å². The number of halogens is 2. The Bertz CT molecular complexity index is 1150. The van der Waals surface area contributed by atoms with Crippen LogP contribution in [0.2, 0.25) is 10.0 Å². The van der Waals surface area contributed by atoms with Crippen LogP contribution in [-0.4, -0.2) is 28.9 Å². The molecular weight excluding hydrogens is 455 g/mol. The fourth-order valence-corrected chi connectivity index (χ4v) is 4.04. The highest BCUT2D eigenvalue weighted by molar-refractivity contribution is 6.35. The number of amides is 1. The third-order valence-corrected chi connectivity index (χ3v) is 5.78. The minimum Gasteiger partial charge on any atom is -0.497 e. The van der Waals surface area contributed by atoms with Gasteiger partial charge in [0.1, 0.15) is 17.5 Å². The molecule has 2 unspecified atom stereocenters. The summed E-state index contributed by atoms with van der Waals surface area (Å²) >= 11 is 12.2. The number of hydrogen-bond donors (Lipinski definition) is 0. The van der Waals surface area contributed by atoms with E-state index >= 15 is 0 Å². The lowest BCUT2D eigenvalue weighted by atomic mass is 9.89. The molecule has 0 saturated carbocycles. The molecule has 164 valence electrons. The third kappa shape index (κ3) is 4.35. The van der Waals surface area contributed by atoms with Gasteiger partial charge >= 0.3 is 0 Å². The molecule has 1 saturated heterocycles. The van der Waals surface area contributed by atoms with Gasteiger partial charge < -0.3 is 14.4 Å². The second-order valence-electron chi connectivity index (χ2n) is 7.22. The minimum absolute atomic E-state index is 0.0284. The lowest BCUT2D eigenvalue weighted by molar-refractivity contribution is -0.384. The number of ether oxygens (including phenoxy) is 2. The quantitative estimate of drug-likeness (QED) is 0.259. The molecule has 3 aromatic rings. The van der Waals surface area contributed by atoms with E-state index < -0.39 is 17.1 Å². The van der Waals surface area contributed by atoms with E-state index in [2.05, 4.69) is 0 Å². The zero-order valence-corrected chi connectivity index (χ0v) is 18.4. The molecule has 1 aliphatic rings. The fraction of sp³-hybridized carbons (Fsp3) is 0.174. The number of benzene rings is 3. The summed E-state index contributed by atoms with van der Waals surface area (Å²) in [5.74, 6) is 0.842. The van der Waals surface area contributed by atoms with Crippen LogP contribution in [0.15, 0.2) is 66.7 Å². The zero-order valence-electron chi connectivity index (χ0n) is 16.9. The summed E-state index contributed by atoms with van der Waals surface area (Å²) in [7, 11) is 1.59. The van der Waals surface area contributed by atoms with Gasteiger partial charge in [-0.3, -0.25) is 14.9 Å². The van der Waals surface area contributed by atoms with Crippen LogP contribution in [0.3, 0.4) is 0 Å². The first-order chi connectivity index (χ1) is 15.4. The van der Waals surface area contributed by atoms with Crippen molar-refractivity contribution in [3.8, 4) is 11.5 Å². The fourth-order valence-electron chi connectivity index (χ4n) is 3.59. The Balaban J connectivity index is 1.62. The number of β-lactam (4-membered cyclic amide) rings is 1. The van der Waals surface area contributed by atoms with E-state index in [0.29, 0.717) is 28.1 Å². The van der Waals surface area contributed by atoms with E-state index in [0.717, 1.165) is 11.1 Å². The number of carbonyl (C=O) groups is 1.